The van der Waals surface area contributed by atoms with Gasteiger partial charge in [-0.1, -0.05) is 0 Å². The summed E-state index contributed by atoms with van der Waals surface area (Å²) in [6, 6.07) is 3.67. The Morgan fingerprint density at radius 2 is 1.59 bits per heavy atom. The molecule has 0 spiro atoms. The third kappa shape index (κ3) is 5.00. The Morgan fingerprint density at radius 1 is 0.941 bits per heavy atom. The Bertz CT molecular complexity index is 1190. The predicted octanol–water partition coefficient (Wildman–Crippen LogP) is 4.27. The van der Waals surface area contributed by atoms with E-state index in [-0.39, 0.29) is 6.09 Å². The lowest BCUT2D eigenvalue weighted by molar-refractivity contribution is 0.0240. The number of hydrogen-bond donors (Lipinski definition) is 1. The summed E-state index contributed by atoms with van der Waals surface area (Å²) >= 11 is 0. The van der Waals surface area contributed by atoms with Crippen LogP contribution in [0.15, 0.2) is 30.9 Å². The summed E-state index contributed by atoms with van der Waals surface area (Å²) in [5.74, 6) is 0.752. The first kappa shape index (κ1) is 23.6. The van der Waals surface area contributed by atoms with Crippen molar-refractivity contribution in [3.05, 3.63) is 30.9 Å². The SMILES string of the molecule is CC(C)(C)OC(=O)N1CCN(c2ncnc3[nH]cc(-c4cccn4C(=O)OC(C)(C)C)c23)CC1. The average molecular weight is 469 g/mol. The Morgan fingerprint density at radius 3 is 2.24 bits per heavy atom. The normalized spacial score (nSPS) is 15.0. The number of amides is 1. The zero-order chi connectivity index (χ0) is 24.7. The van der Waals surface area contributed by atoms with Crippen LogP contribution in [-0.2, 0) is 9.47 Å². The molecule has 10 heteroatoms. The number of rotatable bonds is 2. The van der Waals surface area contributed by atoms with Crippen molar-refractivity contribution in [1.82, 2.24) is 24.4 Å². The third-order valence-electron chi connectivity index (χ3n) is 5.30. The molecular formula is C24H32N6O4. The van der Waals surface area contributed by atoms with Crippen LogP contribution in [-0.4, -0.2) is 74.0 Å². The second kappa shape index (κ2) is 8.66. The molecule has 0 saturated carbocycles. The lowest BCUT2D eigenvalue weighted by Gasteiger charge is -2.36. The molecule has 0 aromatic carbocycles. The van der Waals surface area contributed by atoms with Crippen LogP contribution in [0.4, 0.5) is 15.4 Å². The summed E-state index contributed by atoms with van der Waals surface area (Å²) in [7, 11) is 0. The molecule has 0 unspecified atom stereocenters. The van der Waals surface area contributed by atoms with Gasteiger partial charge in [0, 0.05) is 44.1 Å². The molecule has 0 bridgehead atoms. The van der Waals surface area contributed by atoms with Crippen molar-refractivity contribution in [2.24, 2.45) is 0 Å². The van der Waals surface area contributed by atoms with E-state index < -0.39 is 17.3 Å². The monoisotopic (exact) mass is 468 g/mol. The first-order chi connectivity index (χ1) is 15.9. The van der Waals surface area contributed by atoms with E-state index in [2.05, 4.69) is 19.9 Å². The number of piperazine rings is 1. The van der Waals surface area contributed by atoms with Crippen LogP contribution in [0.5, 0.6) is 0 Å². The third-order valence-corrected chi connectivity index (χ3v) is 5.30. The van der Waals surface area contributed by atoms with Gasteiger partial charge in [-0.3, -0.25) is 4.57 Å². The average Bonchev–Trinajstić information content (AvgIpc) is 3.38. The molecular weight excluding hydrogens is 436 g/mol. The van der Waals surface area contributed by atoms with E-state index in [1.807, 2.05) is 53.8 Å². The van der Waals surface area contributed by atoms with Crippen molar-refractivity contribution < 1.29 is 19.1 Å². The Balaban J connectivity index is 1.61. The summed E-state index contributed by atoms with van der Waals surface area (Å²) < 4.78 is 12.6. The molecule has 1 amide bonds. The van der Waals surface area contributed by atoms with Crippen molar-refractivity contribution in [2.75, 3.05) is 31.1 Å². The largest absolute Gasteiger partial charge is 0.444 e. The van der Waals surface area contributed by atoms with E-state index in [4.69, 9.17) is 9.47 Å². The standard InChI is InChI=1S/C24H32N6O4/c1-23(2,3)33-21(31)29-12-10-28(11-13-29)20-18-16(14-25-19(18)26-15-27-20)17-8-7-9-30(17)22(32)34-24(4,5)6/h7-9,14-15H,10-13H2,1-6H3,(H,25,26,27). The van der Waals surface area contributed by atoms with Crippen molar-refractivity contribution in [2.45, 2.75) is 52.7 Å². The number of carbonyl (C=O) groups excluding carboxylic acids is 2. The van der Waals surface area contributed by atoms with Gasteiger partial charge in [0.25, 0.3) is 0 Å². The van der Waals surface area contributed by atoms with E-state index in [0.717, 1.165) is 16.8 Å². The highest BCUT2D eigenvalue weighted by molar-refractivity contribution is 6.01. The molecule has 34 heavy (non-hydrogen) atoms. The highest BCUT2D eigenvalue weighted by Crippen LogP contribution is 2.34. The molecule has 4 heterocycles. The van der Waals surface area contributed by atoms with Gasteiger partial charge in [0.15, 0.2) is 0 Å². The number of hydrogen-bond acceptors (Lipinski definition) is 7. The minimum atomic E-state index is -0.610. The molecule has 1 N–H and O–H groups in total. The number of ether oxygens (including phenoxy) is 2. The van der Waals surface area contributed by atoms with Gasteiger partial charge in [0.1, 0.15) is 29.0 Å². The van der Waals surface area contributed by atoms with Gasteiger partial charge in [0.05, 0.1) is 11.1 Å². The molecule has 182 valence electrons. The van der Waals surface area contributed by atoms with Crippen molar-refractivity contribution in [3.8, 4) is 11.3 Å². The second-order valence-electron chi connectivity index (χ2n) is 10.3. The minimum Gasteiger partial charge on any atom is -0.444 e. The lowest BCUT2D eigenvalue weighted by atomic mass is 10.1. The van der Waals surface area contributed by atoms with Crippen molar-refractivity contribution in [3.63, 3.8) is 0 Å². The fraction of sp³-hybridized carbons (Fsp3) is 0.500. The van der Waals surface area contributed by atoms with Crippen LogP contribution in [0, 0.1) is 0 Å². The summed E-state index contributed by atoms with van der Waals surface area (Å²) in [5.41, 5.74) is 1.02. The van der Waals surface area contributed by atoms with Crippen LogP contribution in [0.25, 0.3) is 22.3 Å². The molecule has 1 fully saturated rings. The Labute approximate surface area is 198 Å². The van der Waals surface area contributed by atoms with Gasteiger partial charge in [-0.15, -0.1) is 0 Å². The van der Waals surface area contributed by atoms with Gasteiger partial charge < -0.3 is 24.3 Å². The minimum absolute atomic E-state index is 0.308. The number of anilines is 1. The summed E-state index contributed by atoms with van der Waals surface area (Å²) in [5, 5.41) is 0.816. The summed E-state index contributed by atoms with van der Waals surface area (Å²) in [6.45, 7) is 13.3. The number of fused-ring (bicyclic) bond motifs is 1. The smallest absolute Gasteiger partial charge is 0.418 e. The molecule has 1 aliphatic rings. The molecule has 4 rings (SSSR count). The van der Waals surface area contributed by atoms with Crippen LogP contribution < -0.4 is 4.90 Å². The molecule has 3 aromatic heterocycles. The lowest BCUT2D eigenvalue weighted by Crippen LogP contribution is -2.50. The van der Waals surface area contributed by atoms with E-state index in [1.54, 1.807) is 17.2 Å². The van der Waals surface area contributed by atoms with E-state index >= 15 is 0 Å². The fourth-order valence-electron chi connectivity index (χ4n) is 3.89. The van der Waals surface area contributed by atoms with Crippen LogP contribution >= 0.6 is 0 Å². The highest BCUT2D eigenvalue weighted by atomic mass is 16.6. The second-order valence-corrected chi connectivity index (χ2v) is 10.3. The van der Waals surface area contributed by atoms with Gasteiger partial charge in [-0.25, -0.2) is 19.6 Å². The molecule has 0 radical (unpaired) electrons. The maximum Gasteiger partial charge on any atom is 0.418 e. The topological polar surface area (TPSA) is 106 Å². The highest BCUT2D eigenvalue weighted by Gasteiger charge is 2.28. The quantitative estimate of drug-likeness (QED) is 0.599. The molecule has 10 nitrogen and oxygen atoms in total. The maximum atomic E-state index is 12.8. The van der Waals surface area contributed by atoms with Gasteiger partial charge in [-0.05, 0) is 53.7 Å². The van der Waals surface area contributed by atoms with E-state index in [9.17, 15) is 9.59 Å². The van der Waals surface area contributed by atoms with Crippen LogP contribution in [0.1, 0.15) is 41.5 Å². The Kier molecular flexibility index (Phi) is 6.01. The maximum absolute atomic E-state index is 12.8. The molecule has 0 aliphatic carbocycles. The zero-order valence-corrected chi connectivity index (χ0v) is 20.6. The number of nitrogens with one attached hydrogen (secondary N) is 1. The van der Waals surface area contributed by atoms with Gasteiger partial charge >= 0.3 is 12.2 Å². The fourth-order valence-corrected chi connectivity index (χ4v) is 3.89. The van der Waals surface area contributed by atoms with Crippen molar-refractivity contribution in [1.29, 1.82) is 0 Å². The number of aromatic amines is 1. The Hall–Kier alpha value is -3.56. The number of nitrogens with zero attached hydrogens (tertiary/aromatic N) is 5. The van der Waals surface area contributed by atoms with Gasteiger partial charge in [0.2, 0.25) is 0 Å². The molecule has 1 aliphatic heterocycles. The van der Waals surface area contributed by atoms with Crippen LogP contribution in [0.3, 0.4) is 0 Å². The van der Waals surface area contributed by atoms with Crippen molar-refractivity contribution >= 4 is 29.0 Å². The summed E-state index contributed by atoms with van der Waals surface area (Å²) in [4.78, 5) is 41.2. The number of aromatic nitrogens is 4. The number of carbonyl (C=O) groups is 2. The van der Waals surface area contributed by atoms with Crippen LogP contribution in [0.2, 0.25) is 0 Å². The number of H-pyrrole nitrogens is 1. The predicted molar refractivity (Wildman–Crippen MR) is 129 cm³/mol. The molecule has 0 atom stereocenters. The van der Waals surface area contributed by atoms with Gasteiger partial charge in [-0.2, -0.15) is 0 Å². The summed E-state index contributed by atoms with van der Waals surface area (Å²) in [6.07, 6.45) is 4.27. The molecule has 1 saturated heterocycles. The zero-order valence-electron chi connectivity index (χ0n) is 20.6. The van der Waals surface area contributed by atoms with E-state index in [0.29, 0.717) is 37.5 Å². The first-order valence-electron chi connectivity index (χ1n) is 11.4. The first-order valence-corrected chi connectivity index (χ1v) is 11.4. The molecule has 3 aromatic rings. The van der Waals surface area contributed by atoms with E-state index in [1.165, 1.54) is 10.9 Å².